The first-order valence-corrected chi connectivity index (χ1v) is 9.36. The molecule has 2 fully saturated rings. The lowest BCUT2D eigenvalue weighted by atomic mass is 9.74. The van der Waals surface area contributed by atoms with Crippen molar-refractivity contribution in [1.29, 1.82) is 0 Å². The topological polar surface area (TPSA) is 59.6 Å². The molecule has 2 aliphatic heterocycles. The van der Waals surface area contributed by atoms with Crippen LogP contribution in [0.3, 0.4) is 0 Å². The van der Waals surface area contributed by atoms with Gasteiger partial charge < -0.3 is 20.1 Å². The van der Waals surface area contributed by atoms with Crippen molar-refractivity contribution in [2.75, 3.05) is 40.0 Å². The van der Waals surface area contributed by atoms with Gasteiger partial charge in [-0.2, -0.15) is 0 Å². The van der Waals surface area contributed by atoms with Crippen LogP contribution >= 0.6 is 11.6 Å². The zero-order chi connectivity index (χ0) is 17.8. The van der Waals surface area contributed by atoms with Crippen LogP contribution in [0.4, 0.5) is 0 Å². The first-order chi connectivity index (χ1) is 12.1. The molecule has 0 saturated carbocycles. The lowest BCUT2D eigenvalue weighted by Gasteiger charge is -2.40. The molecule has 0 aliphatic carbocycles. The van der Waals surface area contributed by atoms with Crippen molar-refractivity contribution in [2.45, 2.75) is 36.7 Å². The number of benzene rings is 1. The third kappa shape index (κ3) is 4.00. The van der Waals surface area contributed by atoms with Crippen molar-refractivity contribution in [3.63, 3.8) is 0 Å². The molecule has 6 heteroatoms. The minimum Gasteiger partial charge on any atom is -0.381 e. The molecule has 2 N–H and O–H groups in total. The summed E-state index contributed by atoms with van der Waals surface area (Å²) in [5.74, 6) is -0.00340. The second-order valence-corrected chi connectivity index (χ2v) is 7.47. The van der Waals surface area contributed by atoms with E-state index in [1.54, 1.807) is 7.11 Å². The molecule has 25 heavy (non-hydrogen) atoms. The average molecular weight is 367 g/mol. The fraction of sp³-hybridized carbons (Fsp3) is 0.632. The molecule has 0 spiro atoms. The van der Waals surface area contributed by atoms with E-state index in [2.05, 4.69) is 22.8 Å². The Balaban J connectivity index is 1.74. The van der Waals surface area contributed by atoms with Crippen molar-refractivity contribution in [3.8, 4) is 0 Å². The van der Waals surface area contributed by atoms with E-state index in [1.807, 2.05) is 12.1 Å². The summed E-state index contributed by atoms with van der Waals surface area (Å²) in [7, 11) is 1.63. The van der Waals surface area contributed by atoms with Crippen LogP contribution in [0.1, 0.15) is 31.2 Å². The lowest BCUT2D eigenvalue weighted by Crippen LogP contribution is -2.56. The number of carbonyl (C=O) groups excluding carboxylic acids is 1. The Morgan fingerprint density at radius 1 is 1.20 bits per heavy atom. The van der Waals surface area contributed by atoms with Crippen molar-refractivity contribution in [2.24, 2.45) is 0 Å². The second-order valence-electron chi connectivity index (χ2n) is 7.03. The summed E-state index contributed by atoms with van der Waals surface area (Å²) in [6.07, 6.45) is 3.17. The van der Waals surface area contributed by atoms with Crippen LogP contribution in [0.5, 0.6) is 0 Å². The Kier molecular flexibility index (Phi) is 6.00. The summed E-state index contributed by atoms with van der Waals surface area (Å²) in [6.45, 7) is 3.61. The Bertz CT molecular complexity index is 579. The molecule has 1 aromatic carbocycles. The van der Waals surface area contributed by atoms with Crippen molar-refractivity contribution >= 4 is 17.5 Å². The monoisotopic (exact) mass is 366 g/mol. The number of hydrogen-bond acceptors (Lipinski definition) is 4. The SMILES string of the molecule is COC1(C(=O)NCC2(c3ccc(Cl)cc3)CCOCC2)CCNCC1. The van der Waals surface area contributed by atoms with E-state index >= 15 is 0 Å². The molecular weight excluding hydrogens is 340 g/mol. The maximum Gasteiger partial charge on any atom is 0.252 e. The van der Waals surface area contributed by atoms with E-state index in [0.717, 1.165) is 31.0 Å². The Labute approximate surface area is 154 Å². The van der Waals surface area contributed by atoms with Gasteiger partial charge in [0.2, 0.25) is 0 Å². The molecule has 2 saturated heterocycles. The van der Waals surface area contributed by atoms with Gasteiger partial charge in [-0.05, 0) is 56.5 Å². The highest BCUT2D eigenvalue weighted by Crippen LogP contribution is 2.35. The van der Waals surface area contributed by atoms with Crippen LogP contribution in [-0.4, -0.2) is 51.5 Å². The molecule has 5 nitrogen and oxygen atoms in total. The van der Waals surface area contributed by atoms with Crippen molar-refractivity contribution in [1.82, 2.24) is 10.6 Å². The van der Waals surface area contributed by atoms with E-state index in [0.29, 0.717) is 32.6 Å². The summed E-state index contributed by atoms with van der Waals surface area (Å²) >= 11 is 6.05. The molecule has 3 rings (SSSR count). The Hall–Kier alpha value is -1.14. The molecule has 0 aromatic heterocycles. The maximum absolute atomic E-state index is 12.9. The highest BCUT2D eigenvalue weighted by Gasteiger charge is 2.42. The number of nitrogens with one attached hydrogen (secondary N) is 2. The van der Waals surface area contributed by atoms with Gasteiger partial charge >= 0.3 is 0 Å². The van der Waals surface area contributed by atoms with Gasteiger partial charge in [-0.15, -0.1) is 0 Å². The summed E-state index contributed by atoms with van der Waals surface area (Å²) in [4.78, 5) is 12.9. The largest absolute Gasteiger partial charge is 0.381 e. The molecule has 0 unspecified atom stereocenters. The number of methoxy groups -OCH3 is 1. The number of rotatable bonds is 5. The molecular formula is C19H27ClN2O3. The number of amides is 1. The number of carbonyl (C=O) groups is 1. The molecule has 2 heterocycles. The van der Waals surface area contributed by atoms with Gasteiger partial charge in [0, 0.05) is 37.3 Å². The van der Waals surface area contributed by atoms with E-state index in [4.69, 9.17) is 21.1 Å². The van der Waals surface area contributed by atoms with E-state index in [-0.39, 0.29) is 11.3 Å². The van der Waals surface area contributed by atoms with Crippen molar-refractivity contribution < 1.29 is 14.3 Å². The van der Waals surface area contributed by atoms with Gasteiger partial charge in [0.15, 0.2) is 0 Å². The summed E-state index contributed by atoms with van der Waals surface area (Å²) in [5, 5.41) is 7.20. The van der Waals surface area contributed by atoms with Crippen LogP contribution in [0, 0.1) is 0 Å². The van der Waals surface area contributed by atoms with E-state index in [1.165, 1.54) is 5.56 Å². The molecule has 1 aromatic rings. The van der Waals surface area contributed by atoms with Crippen LogP contribution < -0.4 is 10.6 Å². The first kappa shape index (κ1) is 18.6. The Morgan fingerprint density at radius 3 is 2.44 bits per heavy atom. The maximum atomic E-state index is 12.9. The number of ether oxygens (including phenoxy) is 2. The summed E-state index contributed by atoms with van der Waals surface area (Å²) in [5.41, 5.74) is 0.384. The third-order valence-electron chi connectivity index (χ3n) is 5.71. The molecule has 138 valence electrons. The first-order valence-electron chi connectivity index (χ1n) is 8.98. The molecule has 0 bridgehead atoms. The van der Waals surface area contributed by atoms with Crippen LogP contribution in [0.15, 0.2) is 24.3 Å². The average Bonchev–Trinajstić information content (AvgIpc) is 2.68. The predicted molar refractivity (Wildman–Crippen MR) is 98.0 cm³/mol. The number of piperidine rings is 1. The molecule has 2 aliphatic rings. The highest BCUT2D eigenvalue weighted by atomic mass is 35.5. The van der Waals surface area contributed by atoms with E-state index in [9.17, 15) is 4.79 Å². The van der Waals surface area contributed by atoms with Gasteiger partial charge in [0.25, 0.3) is 5.91 Å². The van der Waals surface area contributed by atoms with Crippen LogP contribution in [0.25, 0.3) is 0 Å². The normalized spacial score (nSPS) is 22.3. The minimum absolute atomic E-state index is 0.00340. The standard InChI is InChI=1S/C19H27ClN2O3/c1-24-19(6-10-21-11-7-19)17(23)22-14-18(8-12-25-13-9-18)15-2-4-16(20)5-3-15/h2-5,21H,6-14H2,1H3,(H,22,23). The zero-order valence-corrected chi connectivity index (χ0v) is 15.5. The van der Waals surface area contributed by atoms with Gasteiger partial charge in [-0.25, -0.2) is 0 Å². The van der Waals surface area contributed by atoms with Gasteiger partial charge in [-0.1, -0.05) is 23.7 Å². The molecule has 0 atom stereocenters. The zero-order valence-electron chi connectivity index (χ0n) is 14.8. The Morgan fingerprint density at radius 2 is 1.84 bits per heavy atom. The summed E-state index contributed by atoms with van der Waals surface area (Å²) < 4.78 is 11.2. The molecule has 0 radical (unpaired) electrons. The fourth-order valence-corrected chi connectivity index (χ4v) is 4.02. The van der Waals surface area contributed by atoms with Gasteiger partial charge in [0.1, 0.15) is 5.60 Å². The van der Waals surface area contributed by atoms with Gasteiger partial charge in [-0.3, -0.25) is 4.79 Å². The lowest BCUT2D eigenvalue weighted by molar-refractivity contribution is -0.147. The minimum atomic E-state index is -0.711. The highest BCUT2D eigenvalue weighted by molar-refractivity contribution is 6.30. The number of hydrogen-bond donors (Lipinski definition) is 2. The molecule has 1 amide bonds. The smallest absolute Gasteiger partial charge is 0.252 e. The quantitative estimate of drug-likeness (QED) is 0.839. The third-order valence-corrected chi connectivity index (χ3v) is 5.96. The summed E-state index contributed by atoms with van der Waals surface area (Å²) in [6, 6.07) is 7.96. The fourth-order valence-electron chi connectivity index (χ4n) is 3.90. The van der Waals surface area contributed by atoms with Crippen molar-refractivity contribution in [3.05, 3.63) is 34.9 Å². The van der Waals surface area contributed by atoms with E-state index < -0.39 is 5.60 Å². The predicted octanol–water partition coefficient (Wildman–Crippen LogP) is 2.27. The second kappa shape index (κ2) is 8.04. The van der Waals surface area contributed by atoms with Gasteiger partial charge in [0.05, 0.1) is 0 Å². The van der Waals surface area contributed by atoms with Crippen LogP contribution in [0.2, 0.25) is 5.02 Å². The van der Waals surface area contributed by atoms with Crippen LogP contribution in [-0.2, 0) is 19.7 Å². The number of halogens is 1.